The van der Waals surface area contributed by atoms with Crippen molar-refractivity contribution in [3.8, 4) is 22.3 Å². The molecule has 0 radical (unpaired) electrons. The summed E-state index contributed by atoms with van der Waals surface area (Å²) in [5.41, 5.74) is 9.75. The molecule has 10 aromatic rings. The number of para-hydroxylation sites is 2. The molecule has 8 aromatic carbocycles. The Bertz CT molecular complexity index is 2850. The number of hydrogen-bond acceptors (Lipinski definition) is 3. The Morgan fingerprint density at radius 3 is 2.00 bits per heavy atom. The second-order valence-electron chi connectivity index (χ2n) is 12.5. The molecular formula is C46H29NOS. The van der Waals surface area contributed by atoms with E-state index in [1.165, 1.54) is 53.2 Å². The van der Waals surface area contributed by atoms with Crippen molar-refractivity contribution in [3.05, 3.63) is 176 Å². The van der Waals surface area contributed by atoms with Crippen molar-refractivity contribution < 1.29 is 4.42 Å². The van der Waals surface area contributed by atoms with Gasteiger partial charge in [0.05, 0.1) is 5.69 Å². The Kier molecular flexibility index (Phi) is 6.39. The van der Waals surface area contributed by atoms with E-state index < -0.39 is 0 Å². The summed E-state index contributed by atoms with van der Waals surface area (Å²) in [4.78, 5) is 2.38. The van der Waals surface area contributed by atoms with Crippen LogP contribution < -0.4 is 4.90 Å². The Morgan fingerprint density at radius 2 is 1.04 bits per heavy atom. The van der Waals surface area contributed by atoms with Gasteiger partial charge in [0.1, 0.15) is 11.2 Å². The van der Waals surface area contributed by atoms with E-state index in [-0.39, 0.29) is 0 Å². The first-order valence-corrected chi connectivity index (χ1v) is 17.4. The minimum absolute atomic E-state index is 0.873. The van der Waals surface area contributed by atoms with Crippen LogP contribution in [0, 0.1) is 0 Å². The number of rotatable bonds is 5. The summed E-state index contributed by atoms with van der Waals surface area (Å²) in [7, 11) is 0. The van der Waals surface area contributed by atoms with Crippen molar-refractivity contribution in [2.24, 2.45) is 0 Å². The topological polar surface area (TPSA) is 16.4 Å². The molecule has 0 aliphatic carbocycles. The zero-order valence-electron chi connectivity index (χ0n) is 26.5. The summed E-state index contributed by atoms with van der Waals surface area (Å²) < 4.78 is 9.04. The van der Waals surface area contributed by atoms with Crippen molar-refractivity contribution in [3.63, 3.8) is 0 Å². The number of thiophene rings is 1. The van der Waals surface area contributed by atoms with Crippen LogP contribution in [0.3, 0.4) is 0 Å². The molecule has 0 bridgehead atoms. The summed E-state index contributed by atoms with van der Waals surface area (Å²) in [6, 6.07) is 63.3. The predicted molar refractivity (Wildman–Crippen MR) is 210 cm³/mol. The van der Waals surface area contributed by atoms with Crippen molar-refractivity contribution in [2.75, 3.05) is 4.90 Å². The summed E-state index contributed by atoms with van der Waals surface area (Å²) in [6.45, 7) is 0. The first kappa shape index (κ1) is 27.9. The van der Waals surface area contributed by atoms with Crippen LogP contribution in [0.25, 0.3) is 75.1 Å². The lowest BCUT2D eigenvalue weighted by Gasteiger charge is -2.28. The molecule has 0 fully saturated rings. The highest BCUT2D eigenvalue weighted by molar-refractivity contribution is 7.25. The molecule has 0 N–H and O–H groups in total. The molecule has 0 saturated carbocycles. The molecule has 3 heteroatoms. The highest BCUT2D eigenvalue weighted by atomic mass is 32.1. The standard InChI is InChI=1S/C46H29NOS/c1-2-15-35-30(11-1)12-10-19-36(35)37-16-3-6-20-42(37)47(34-24-26-39-38-17-4-7-21-43(38)48-44(39)29-34)33-14-9-13-31(27-33)32-23-25-41-40-18-5-8-22-45(40)49-46(41)28-32/h1-29H. The fourth-order valence-corrected chi connectivity index (χ4v) is 8.51. The second-order valence-corrected chi connectivity index (χ2v) is 13.6. The first-order chi connectivity index (χ1) is 24.3. The van der Waals surface area contributed by atoms with Gasteiger partial charge in [0.25, 0.3) is 0 Å². The molecule has 0 amide bonds. The van der Waals surface area contributed by atoms with E-state index in [0.29, 0.717) is 0 Å². The van der Waals surface area contributed by atoms with Gasteiger partial charge >= 0.3 is 0 Å². The van der Waals surface area contributed by atoms with Crippen molar-refractivity contribution in [2.45, 2.75) is 0 Å². The maximum Gasteiger partial charge on any atom is 0.137 e. The van der Waals surface area contributed by atoms with Gasteiger partial charge < -0.3 is 9.32 Å². The van der Waals surface area contributed by atoms with Crippen molar-refractivity contribution in [1.82, 2.24) is 0 Å². The minimum atomic E-state index is 0.873. The number of anilines is 3. The number of hydrogen-bond donors (Lipinski definition) is 0. The molecule has 0 saturated heterocycles. The maximum absolute atomic E-state index is 6.42. The van der Waals surface area contributed by atoms with E-state index in [0.717, 1.165) is 39.0 Å². The molecule has 2 nitrogen and oxygen atoms in total. The third-order valence-corrected chi connectivity index (χ3v) is 10.8. The molecule has 230 valence electrons. The smallest absolute Gasteiger partial charge is 0.137 e. The maximum atomic E-state index is 6.42. The van der Waals surface area contributed by atoms with Crippen molar-refractivity contribution >= 4 is 81.3 Å². The lowest BCUT2D eigenvalue weighted by atomic mass is 9.96. The predicted octanol–water partition coefficient (Wildman–Crippen LogP) is 13.9. The summed E-state index contributed by atoms with van der Waals surface area (Å²) in [5, 5.41) is 7.34. The van der Waals surface area contributed by atoms with Gasteiger partial charge in [-0.2, -0.15) is 0 Å². The molecule has 0 unspecified atom stereocenters. The normalized spacial score (nSPS) is 11.7. The lowest BCUT2D eigenvalue weighted by molar-refractivity contribution is 0.669. The molecule has 10 rings (SSSR count). The van der Waals surface area contributed by atoms with Gasteiger partial charge in [0.15, 0.2) is 0 Å². The third-order valence-electron chi connectivity index (χ3n) is 9.66. The van der Waals surface area contributed by atoms with Gasteiger partial charge in [0, 0.05) is 53.9 Å². The number of furan rings is 1. The quantitative estimate of drug-likeness (QED) is 0.186. The molecule has 49 heavy (non-hydrogen) atoms. The van der Waals surface area contributed by atoms with Crippen molar-refractivity contribution in [1.29, 1.82) is 0 Å². The highest BCUT2D eigenvalue weighted by Crippen LogP contribution is 2.45. The van der Waals surface area contributed by atoms with E-state index >= 15 is 0 Å². The molecule has 2 heterocycles. The van der Waals surface area contributed by atoms with Gasteiger partial charge in [0.2, 0.25) is 0 Å². The first-order valence-electron chi connectivity index (χ1n) is 16.6. The molecule has 0 spiro atoms. The summed E-state index contributed by atoms with van der Waals surface area (Å²) >= 11 is 1.86. The lowest BCUT2D eigenvalue weighted by Crippen LogP contribution is -2.11. The van der Waals surface area contributed by atoms with Gasteiger partial charge in [-0.1, -0.05) is 121 Å². The number of fused-ring (bicyclic) bond motifs is 7. The van der Waals surface area contributed by atoms with E-state index in [9.17, 15) is 0 Å². The van der Waals surface area contributed by atoms with Crippen LogP contribution in [0.15, 0.2) is 180 Å². The van der Waals surface area contributed by atoms with Gasteiger partial charge in [-0.25, -0.2) is 0 Å². The molecular weight excluding hydrogens is 615 g/mol. The zero-order valence-corrected chi connectivity index (χ0v) is 27.3. The van der Waals surface area contributed by atoms with Crippen LogP contribution >= 0.6 is 11.3 Å². The molecule has 2 aromatic heterocycles. The molecule has 0 aliphatic rings. The second kappa shape index (κ2) is 11.2. The fraction of sp³-hybridized carbons (Fsp3) is 0. The van der Waals surface area contributed by atoms with E-state index in [1.807, 2.05) is 23.5 Å². The Labute approximate surface area is 287 Å². The van der Waals surface area contributed by atoms with Gasteiger partial charge in [-0.15, -0.1) is 11.3 Å². The van der Waals surface area contributed by atoms with E-state index in [2.05, 4.69) is 169 Å². The molecule has 0 aliphatic heterocycles. The van der Waals surface area contributed by atoms with Crippen LogP contribution in [-0.4, -0.2) is 0 Å². The Balaban J connectivity index is 1.18. The van der Waals surface area contributed by atoms with Crippen LogP contribution in [0.5, 0.6) is 0 Å². The highest BCUT2D eigenvalue weighted by Gasteiger charge is 2.20. The fourth-order valence-electron chi connectivity index (χ4n) is 7.37. The van der Waals surface area contributed by atoms with Gasteiger partial charge in [-0.3, -0.25) is 0 Å². The summed E-state index contributed by atoms with van der Waals surface area (Å²) in [6.07, 6.45) is 0. The Morgan fingerprint density at radius 1 is 0.388 bits per heavy atom. The van der Waals surface area contributed by atoms with Crippen LogP contribution in [-0.2, 0) is 0 Å². The zero-order chi connectivity index (χ0) is 32.3. The van der Waals surface area contributed by atoms with Crippen LogP contribution in [0.4, 0.5) is 17.1 Å². The number of nitrogens with zero attached hydrogens (tertiary/aromatic N) is 1. The molecule has 0 atom stereocenters. The van der Waals surface area contributed by atoms with E-state index in [4.69, 9.17) is 4.42 Å². The largest absolute Gasteiger partial charge is 0.456 e. The third kappa shape index (κ3) is 4.62. The Hall–Kier alpha value is -6.16. The summed E-state index contributed by atoms with van der Waals surface area (Å²) in [5.74, 6) is 0. The SMILES string of the molecule is c1cc(-c2ccc3c(c2)sc2ccccc23)cc(N(c2ccc3c(c2)oc2ccccc23)c2ccccc2-c2cccc3ccccc23)c1. The van der Waals surface area contributed by atoms with Gasteiger partial charge in [-0.05, 0) is 76.0 Å². The minimum Gasteiger partial charge on any atom is -0.456 e. The van der Waals surface area contributed by atoms with E-state index in [1.54, 1.807) is 0 Å². The van der Waals surface area contributed by atoms with Crippen LogP contribution in [0.2, 0.25) is 0 Å². The number of benzene rings is 8. The van der Waals surface area contributed by atoms with Crippen LogP contribution in [0.1, 0.15) is 0 Å². The monoisotopic (exact) mass is 643 g/mol. The average Bonchev–Trinajstić information content (AvgIpc) is 3.73. The average molecular weight is 644 g/mol.